The van der Waals surface area contributed by atoms with Gasteiger partial charge in [0.2, 0.25) is 5.91 Å². The van der Waals surface area contributed by atoms with E-state index in [0.717, 1.165) is 57.7 Å². The van der Waals surface area contributed by atoms with Crippen molar-refractivity contribution in [2.45, 2.75) is 39.2 Å². The van der Waals surface area contributed by atoms with Gasteiger partial charge >= 0.3 is 0 Å². The number of piperazine rings is 1. The van der Waals surface area contributed by atoms with Crippen molar-refractivity contribution >= 4 is 5.91 Å². The van der Waals surface area contributed by atoms with Crippen LogP contribution in [0, 0.1) is 5.82 Å². The molecule has 0 radical (unpaired) electrons. The van der Waals surface area contributed by atoms with Crippen LogP contribution in [0.4, 0.5) is 4.39 Å². The fourth-order valence-corrected chi connectivity index (χ4v) is 3.29. The number of amides is 1. The van der Waals surface area contributed by atoms with Gasteiger partial charge in [-0.15, -0.1) is 0 Å². The molecule has 1 aromatic carbocycles. The summed E-state index contributed by atoms with van der Waals surface area (Å²) in [4.78, 5) is 16.6. The van der Waals surface area contributed by atoms with E-state index in [-0.39, 0.29) is 11.7 Å². The summed E-state index contributed by atoms with van der Waals surface area (Å²) in [6, 6.07) is 7.13. The van der Waals surface area contributed by atoms with Gasteiger partial charge in [0, 0.05) is 38.6 Å². The van der Waals surface area contributed by atoms with Gasteiger partial charge in [0.1, 0.15) is 5.82 Å². The van der Waals surface area contributed by atoms with Gasteiger partial charge in [-0.25, -0.2) is 4.39 Å². The van der Waals surface area contributed by atoms with E-state index in [0.29, 0.717) is 12.5 Å². The number of benzene rings is 1. The Morgan fingerprint density at radius 2 is 1.96 bits per heavy atom. The number of hydrogen-bond donors (Lipinski definition) is 1. The maximum Gasteiger partial charge on any atom is 0.222 e. The Kier molecular flexibility index (Phi) is 7.66. The van der Waals surface area contributed by atoms with Crippen LogP contribution >= 0.6 is 0 Å². The van der Waals surface area contributed by atoms with Crippen molar-refractivity contribution in [1.82, 2.24) is 15.1 Å². The molecule has 2 rings (SSSR count). The molecule has 0 spiro atoms. The first-order valence-electron chi connectivity index (χ1n) is 9.07. The zero-order valence-corrected chi connectivity index (χ0v) is 14.9. The molecule has 134 valence electrons. The van der Waals surface area contributed by atoms with E-state index in [1.54, 1.807) is 0 Å². The number of nitrogens with one attached hydrogen (secondary N) is 1. The number of rotatable bonds is 8. The van der Waals surface area contributed by atoms with Gasteiger partial charge in [0.15, 0.2) is 0 Å². The number of halogens is 1. The van der Waals surface area contributed by atoms with Crippen molar-refractivity contribution in [3.05, 3.63) is 35.6 Å². The predicted molar refractivity (Wildman–Crippen MR) is 95.5 cm³/mol. The van der Waals surface area contributed by atoms with Crippen LogP contribution in [0.3, 0.4) is 0 Å². The van der Waals surface area contributed by atoms with E-state index in [1.807, 2.05) is 17.0 Å². The average Bonchev–Trinajstić information content (AvgIpc) is 2.61. The van der Waals surface area contributed by atoms with Crippen LogP contribution in [0.2, 0.25) is 0 Å². The predicted octanol–water partition coefficient (Wildman–Crippen LogP) is 2.29. The van der Waals surface area contributed by atoms with Gasteiger partial charge in [-0.1, -0.05) is 19.1 Å². The van der Waals surface area contributed by atoms with Crippen LogP contribution in [0.15, 0.2) is 24.3 Å². The third-order valence-electron chi connectivity index (χ3n) is 4.78. The summed E-state index contributed by atoms with van der Waals surface area (Å²) < 4.78 is 13.0. The highest BCUT2D eigenvalue weighted by Crippen LogP contribution is 2.11. The van der Waals surface area contributed by atoms with Gasteiger partial charge in [-0.05, 0) is 50.6 Å². The highest BCUT2D eigenvalue weighted by molar-refractivity contribution is 5.76. The van der Waals surface area contributed by atoms with E-state index in [2.05, 4.69) is 24.1 Å². The summed E-state index contributed by atoms with van der Waals surface area (Å²) in [6.45, 7) is 9.71. The molecule has 4 nitrogen and oxygen atoms in total. The van der Waals surface area contributed by atoms with Crippen LogP contribution in [0.5, 0.6) is 0 Å². The molecule has 0 saturated carbocycles. The standard InChI is InChI=1S/C19H30FN3O/c1-3-22(16(2)15-17-6-8-18(20)9-7-17)12-4-5-19(24)23-13-10-21-11-14-23/h6-9,16,21H,3-5,10-15H2,1-2H3. The molecule has 24 heavy (non-hydrogen) atoms. The lowest BCUT2D eigenvalue weighted by Crippen LogP contribution is -2.46. The van der Waals surface area contributed by atoms with Crippen molar-refractivity contribution in [2.75, 3.05) is 39.3 Å². The third-order valence-corrected chi connectivity index (χ3v) is 4.78. The largest absolute Gasteiger partial charge is 0.340 e. The Labute approximate surface area is 145 Å². The highest BCUT2D eigenvalue weighted by atomic mass is 19.1. The van der Waals surface area contributed by atoms with Crippen molar-refractivity contribution in [3.8, 4) is 0 Å². The van der Waals surface area contributed by atoms with E-state index < -0.39 is 0 Å². The molecule has 0 aliphatic carbocycles. The molecule has 1 amide bonds. The van der Waals surface area contributed by atoms with Crippen molar-refractivity contribution in [3.63, 3.8) is 0 Å². The molecule has 1 heterocycles. The normalized spacial score (nSPS) is 16.4. The molecule has 1 unspecified atom stereocenters. The number of nitrogens with zero attached hydrogens (tertiary/aromatic N) is 2. The van der Waals surface area contributed by atoms with E-state index in [9.17, 15) is 9.18 Å². The molecule has 5 heteroatoms. The highest BCUT2D eigenvalue weighted by Gasteiger charge is 2.17. The first kappa shape index (κ1) is 18.9. The average molecular weight is 335 g/mol. The fourth-order valence-electron chi connectivity index (χ4n) is 3.29. The molecule has 1 aliphatic rings. The Morgan fingerprint density at radius 3 is 2.58 bits per heavy atom. The second-order valence-electron chi connectivity index (χ2n) is 6.54. The molecule has 1 N–H and O–H groups in total. The molecule has 1 aliphatic heterocycles. The molecule has 1 fully saturated rings. The molecule has 1 saturated heterocycles. The number of carbonyl (C=O) groups excluding carboxylic acids is 1. The third kappa shape index (κ3) is 5.87. The minimum absolute atomic E-state index is 0.190. The minimum atomic E-state index is -0.190. The summed E-state index contributed by atoms with van der Waals surface area (Å²) in [7, 11) is 0. The van der Waals surface area contributed by atoms with Gasteiger partial charge in [0.25, 0.3) is 0 Å². The molecule has 0 aromatic heterocycles. The van der Waals surface area contributed by atoms with Crippen LogP contribution in [-0.2, 0) is 11.2 Å². The molecular weight excluding hydrogens is 305 g/mol. The minimum Gasteiger partial charge on any atom is -0.340 e. The van der Waals surface area contributed by atoms with E-state index >= 15 is 0 Å². The Bertz CT molecular complexity index is 500. The van der Waals surface area contributed by atoms with Gasteiger partial charge in [-0.3, -0.25) is 4.79 Å². The van der Waals surface area contributed by atoms with Gasteiger partial charge in [0.05, 0.1) is 0 Å². The summed E-state index contributed by atoms with van der Waals surface area (Å²) in [5.41, 5.74) is 1.15. The summed E-state index contributed by atoms with van der Waals surface area (Å²) in [5, 5.41) is 3.27. The van der Waals surface area contributed by atoms with Crippen LogP contribution < -0.4 is 5.32 Å². The van der Waals surface area contributed by atoms with Crippen LogP contribution in [0.25, 0.3) is 0 Å². The molecular formula is C19H30FN3O. The first-order valence-corrected chi connectivity index (χ1v) is 9.07. The quantitative estimate of drug-likeness (QED) is 0.792. The van der Waals surface area contributed by atoms with E-state index in [4.69, 9.17) is 0 Å². The van der Waals surface area contributed by atoms with Gasteiger partial charge < -0.3 is 15.1 Å². The number of carbonyl (C=O) groups is 1. The molecule has 0 bridgehead atoms. The maximum atomic E-state index is 13.0. The SMILES string of the molecule is CCN(CCCC(=O)N1CCNCC1)C(C)Cc1ccc(F)cc1. The monoisotopic (exact) mass is 335 g/mol. The Morgan fingerprint density at radius 1 is 1.29 bits per heavy atom. The van der Waals surface area contributed by atoms with E-state index in [1.165, 1.54) is 12.1 Å². The summed E-state index contributed by atoms with van der Waals surface area (Å²) >= 11 is 0. The smallest absolute Gasteiger partial charge is 0.222 e. The number of hydrogen-bond acceptors (Lipinski definition) is 3. The zero-order valence-electron chi connectivity index (χ0n) is 14.9. The lowest BCUT2D eigenvalue weighted by molar-refractivity contribution is -0.131. The van der Waals surface area contributed by atoms with Gasteiger partial charge in [-0.2, -0.15) is 0 Å². The topological polar surface area (TPSA) is 35.6 Å². The molecule has 1 atom stereocenters. The van der Waals surface area contributed by atoms with Crippen molar-refractivity contribution in [1.29, 1.82) is 0 Å². The lowest BCUT2D eigenvalue weighted by Gasteiger charge is -2.29. The van der Waals surface area contributed by atoms with Crippen molar-refractivity contribution in [2.24, 2.45) is 0 Å². The second kappa shape index (κ2) is 9.74. The second-order valence-corrected chi connectivity index (χ2v) is 6.54. The van der Waals surface area contributed by atoms with Crippen LogP contribution in [-0.4, -0.2) is 61.0 Å². The zero-order chi connectivity index (χ0) is 17.4. The summed E-state index contributed by atoms with van der Waals surface area (Å²) in [6.07, 6.45) is 2.42. The Balaban J connectivity index is 1.74. The summed E-state index contributed by atoms with van der Waals surface area (Å²) in [5.74, 6) is 0.0870. The first-order chi connectivity index (χ1) is 11.6. The molecule has 1 aromatic rings. The van der Waals surface area contributed by atoms with Crippen LogP contribution in [0.1, 0.15) is 32.3 Å². The maximum absolute atomic E-state index is 13.0. The number of likely N-dealkylation sites (N-methyl/N-ethyl adjacent to an activating group) is 1. The Hall–Kier alpha value is -1.46. The fraction of sp³-hybridized carbons (Fsp3) is 0.632. The lowest BCUT2D eigenvalue weighted by atomic mass is 10.1. The van der Waals surface area contributed by atoms with Crippen molar-refractivity contribution < 1.29 is 9.18 Å².